The number of fused-ring (bicyclic) bond motifs is 1. The van der Waals surface area contributed by atoms with Crippen molar-refractivity contribution in [1.29, 1.82) is 0 Å². The van der Waals surface area contributed by atoms with Crippen molar-refractivity contribution >= 4 is 21.4 Å². The zero-order chi connectivity index (χ0) is 9.59. The standard InChI is InChI=1S/C12H14S/c1-7-5-8(2)12-9(3)10(4)13-11(12)6-7/h5-6H,1-4H3. The van der Waals surface area contributed by atoms with E-state index in [2.05, 4.69) is 39.8 Å². The molecule has 0 aliphatic carbocycles. The number of aryl methyl sites for hydroxylation is 4. The van der Waals surface area contributed by atoms with Crippen LogP contribution in [0, 0.1) is 27.7 Å². The minimum absolute atomic E-state index is 1.37. The number of benzene rings is 1. The van der Waals surface area contributed by atoms with Gasteiger partial charge in [0.2, 0.25) is 0 Å². The highest BCUT2D eigenvalue weighted by molar-refractivity contribution is 7.19. The van der Waals surface area contributed by atoms with Gasteiger partial charge in [-0.1, -0.05) is 6.07 Å². The van der Waals surface area contributed by atoms with E-state index in [9.17, 15) is 0 Å². The SMILES string of the molecule is Cc1cc(C)c2c(C)c(C)sc2c1. The highest BCUT2D eigenvalue weighted by Crippen LogP contribution is 2.33. The second kappa shape index (κ2) is 2.85. The summed E-state index contributed by atoms with van der Waals surface area (Å²) in [5, 5.41) is 1.47. The molecule has 0 saturated heterocycles. The van der Waals surface area contributed by atoms with Gasteiger partial charge in [0.05, 0.1) is 0 Å². The third-order valence-corrected chi connectivity index (χ3v) is 3.76. The molecule has 1 aromatic carbocycles. The van der Waals surface area contributed by atoms with E-state index >= 15 is 0 Å². The van der Waals surface area contributed by atoms with Gasteiger partial charge in [-0.25, -0.2) is 0 Å². The van der Waals surface area contributed by atoms with Crippen LogP contribution in [0.25, 0.3) is 10.1 Å². The van der Waals surface area contributed by atoms with Gasteiger partial charge in [-0.05, 0) is 55.8 Å². The average molecular weight is 190 g/mol. The van der Waals surface area contributed by atoms with E-state index in [1.165, 1.54) is 31.7 Å². The molecule has 0 N–H and O–H groups in total. The van der Waals surface area contributed by atoms with Crippen molar-refractivity contribution in [2.45, 2.75) is 27.7 Å². The van der Waals surface area contributed by atoms with Crippen LogP contribution in [0.1, 0.15) is 21.6 Å². The normalized spacial score (nSPS) is 11.1. The lowest BCUT2D eigenvalue weighted by Gasteiger charge is -2.00. The summed E-state index contributed by atoms with van der Waals surface area (Å²) < 4.78 is 1.44. The first kappa shape index (κ1) is 8.76. The van der Waals surface area contributed by atoms with Crippen LogP contribution in [-0.2, 0) is 0 Å². The van der Waals surface area contributed by atoms with Gasteiger partial charge in [-0.3, -0.25) is 0 Å². The summed E-state index contributed by atoms with van der Waals surface area (Å²) in [5.41, 5.74) is 4.24. The van der Waals surface area contributed by atoms with Crippen molar-refractivity contribution in [3.05, 3.63) is 33.7 Å². The summed E-state index contributed by atoms with van der Waals surface area (Å²) in [6.07, 6.45) is 0. The highest BCUT2D eigenvalue weighted by atomic mass is 32.1. The summed E-state index contributed by atoms with van der Waals surface area (Å²) >= 11 is 1.91. The fourth-order valence-corrected chi connectivity index (χ4v) is 3.15. The largest absolute Gasteiger partial charge is 0.140 e. The molecule has 0 spiro atoms. The molecule has 0 nitrogen and oxygen atoms in total. The summed E-state index contributed by atoms with van der Waals surface area (Å²) in [7, 11) is 0. The molecule has 1 aromatic heterocycles. The van der Waals surface area contributed by atoms with Crippen LogP contribution in [0.5, 0.6) is 0 Å². The van der Waals surface area contributed by atoms with Gasteiger partial charge in [0.1, 0.15) is 0 Å². The van der Waals surface area contributed by atoms with Gasteiger partial charge in [0.25, 0.3) is 0 Å². The Morgan fingerprint density at radius 3 is 2.38 bits per heavy atom. The van der Waals surface area contributed by atoms with E-state index in [1.54, 1.807) is 0 Å². The summed E-state index contributed by atoms with van der Waals surface area (Å²) in [6.45, 7) is 8.79. The molecule has 0 saturated carbocycles. The van der Waals surface area contributed by atoms with Crippen LogP contribution in [0.2, 0.25) is 0 Å². The topological polar surface area (TPSA) is 0 Å². The maximum atomic E-state index is 2.28. The number of hydrogen-bond acceptors (Lipinski definition) is 1. The predicted octanol–water partition coefficient (Wildman–Crippen LogP) is 4.13. The molecule has 0 bridgehead atoms. The summed E-state index contributed by atoms with van der Waals surface area (Å²) in [5.74, 6) is 0. The highest BCUT2D eigenvalue weighted by Gasteiger charge is 2.07. The van der Waals surface area contributed by atoms with Crippen LogP contribution in [-0.4, -0.2) is 0 Å². The molecule has 0 aliphatic heterocycles. The Morgan fingerprint density at radius 2 is 1.69 bits per heavy atom. The van der Waals surface area contributed by atoms with E-state index in [-0.39, 0.29) is 0 Å². The van der Waals surface area contributed by atoms with Crippen molar-refractivity contribution in [3.63, 3.8) is 0 Å². The van der Waals surface area contributed by atoms with E-state index in [0.717, 1.165) is 0 Å². The van der Waals surface area contributed by atoms with Gasteiger partial charge in [0.15, 0.2) is 0 Å². The van der Waals surface area contributed by atoms with Gasteiger partial charge >= 0.3 is 0 Å². The Morgan fingerprint density at radius 1 is 1.00 bits per heavy atom. The van der Waals surface area contributed by atoms with Crippen molar-refractivity contribution in [2.75, 3.05) is 0 Å². The number of rotatable bonds is 0. The monoisotopic (exact) mass is 190 g/mol. The third kappa shape index (κ3) is 1.28. The molecule has 0 unspecified atom stereocenters. The lowest BCUT2D eigenvalue weighted by Crippen LogP contribution is -1.79. The molecule has 0 radical (unpaired) electrons. The molecule has 0 aliphatic rings. The molecule has 1 heteroatoms. The fraction of sp³-hybridized carbons (Fsp3) is 0.333. The lowest BCUT2D eigenvalue weighted by molar-refractivity contribution is 1.41. The van der Waals surface area contributed by atoms with Gasteiger partial charge in [-0.2, -0.15) is 0 Å². The average Bonchev–Trinajstić information content (AvgIpc) is 2.27. The van der Waals surface area contributed by atoms with Gasteiger partial charge in [-0.15, -0.1) is 11.3 Å². The number of thiophene rings is 1. The molecule has 13 heavy (non-hydrogen) atoms. The van der Waals surface area contributed by atoms with Crippen LogP contribution in [0.15, 0.2) is 12.1 Å². The minimum Gasteiger partial charge on any atom is -0.140 e. The molecular formula is C12H14S. The lowest BCUT2D eigenvalue weighted by atomic mass is 10.0. The molecular weight excluding hydrogens is 176 g/mol. The Balaban J connectivity index is 2.94. The van der Waals surface area contributed by atoms with E-state index in [0.29, 0.717) is 0 Å². The van der Waals surface area contributed by atoms with Crippen molar-refractivity contribution < 1.29 is 0 Å². The molecule has 0 fully saturated rings. The fourth-order valence-electron chi connectivity index (χ4n) is 1.91. The molecule has 2 rings (SSSR count). The van der Waals surface area contributed by atoms with E-state index < -0.39 is 0 Å². The first-order chi connectivity index (χ1) is 6.09. The van der Waals surface area contributed by atoms with Gasteiger partial charge < -0.3 is 0 Å². The maximum Gasteiger partial charge on any atom is 0.0353 e. The Bertz CT molecular complexity index is 463. The zero-order valence-corrected chi connectivity index (χ0v) is 9.38. The Kier molecular flexibility index (Phi) is 1.92. The smallest absolute Gasteiger partial charge is 0.0353 e. The third-order valence-electron chi connectivity index (χ3n) is 2.61. The summed E-state index contributed by atoms with van der Waals surface area (Å²) in [6, 6.07) is 4.55. The zero-order valence-electron chi connectivity index (χ0n) is 8.56. The molecule has 0 atom stereocenters. The van der Waals surface area contributed by atoms with Crippen LogP contribution in [0.3, 0.4) is 0 Å². The minimum atomic E-state index is 1.37. The first-order valence-corrected chi connectivity index (χ1v) is 5.38. The second-order valence-corrected chi connectivity index (χ2v) is 4.99. The molecule has 1 heterocycles. The summed E-state index contributed by atoms with van der Waals surface area (Å²) in [4.78, 5) is 1.45. The first-order valence-electron chi connectivity index (χ1n) is 4.56. The van der Waals surface area contributed by atoms with Crippen LogP contribution >= 0.6 is 11.3 Å². The molecule has 68 valence electrons. The number of hydrogen-bond donors (Lipinski definition) is 0. The maximum absolute atomic E-state index is 2.28. The van der Waals surface area contributed by atoms with Gasteiger partial charge in [0, 0.05) is 9.58 Å². The Hall–Kier alpha value is -0.820. The molecule has 0 amide bonds. The van der Waals surface area contributed by atoms with Crippen molar-refractivity contribution in [2.24, 2.45) is 0 Å². The van der Waals surface area contributed by atoms with E-state index in [4.69, 9.17) is 0 Å². The quantitative estimate of drug-likeness (QED) is 0.586. The van der Waals surface area contributed by atoms with E-state index in [1.807, 2.05) is 11.3 Å². The Labute approximate surface area is 83.2 Å². The molecule has 2 aromatic rings. The van der Waals surface area contributed by atoms with Crippen molar-refractivity contribution in [1.82, 2.24) is 0 Å². The predicted molar refractivity (Wildman–Crippen MR) is 60.8 cm³/mol. The van der Waals surface area contributed by atoms with Crippen LogP contribution < -0.4 is 0 Å². The van der Waals surface area contributed by atoms with Crippen LogP contribution in [0.4, 0.5) is 0 Å². The second-order valence-electron chi connectivity index (χ2n) is 3.74. The van der Waals surface area contributed by atoms with Crippen molar-refractivity contribution in [3.8, 4) is 0 Å².